The summed E-state index contributed by atoms with van der Waals surface area (Å²) < 4.78 is 36.4. The van der Waals surface area contributed by atoms with Crippen molar-refractivity contribution in [3.8, 4) is 5.75 Å². The minimum Gasteiger partial charge on any atom is -0.496 e. The molecule has 0 aliphatic heterocycles. The second kappa shape index (κ2) is 9.50. The van der Waals surface area contributed by atoms with Gasteiger partial charge in [-0.2, -0.15) is 0 Å². The molecule has 144 valence electrons. The number of sulfonamides is 1. The Morgan fingerprint density at radius 2 is 1.74 bits per heavy atom. The van der Waals surface area contributed by atoms with E-state index in [1.807, 2.05) is 0 Å². The monoisotopic (exact) mass is 411 g/mol. The molecule has 2 aromatic carbocycles. The number of rotatable bonds is 9. The molecule has 0 bridgehead atoms. The zero-order chi connectivity index (χ0) is 19.9. The van der Waals surface area contributed by atoms with Gasteiger partial charge in [-0.25, -0.2) is 13.1 Å². The summed E-state index contributed by atoms with van der Waals surface area (Å²) in [4.78, 5) is 23.9. The number of carbonyl (C=O) groups excluding carboxylic acids is 2. The van der Waals surface area contributed by atoms with Crippen LogP contribution in [0.5, 0.6) is 5.75 Å². The van der Waals surface area contributed by atoms with Crippen molar-refractivity contribution >= 4 is 33.4 Å². The van der Waals surface area contributed by atoms with Crippen LogP contribution in [0.4, 0.5) is 0 Å². The van der Waals surface area contributed by atoms with Crippen LogP contribution in [0.15, 0.2) is 53.4 Å². The molecule has 0 unspecified atom stereocenters. The third-order valence-electron chi connectivity index (χ3n) is 3.52. The van der Waals surface area contributed by atoms with Gasteiger partial charge in [-0.3, -0.25) is 9.59 Å². The number of carbonyl (C=O) groups is 2. The van der Waals surface area contributed by atoms with E-state index in [1.54, 1.807) is 24.3 Å². The van der Waals surface area contributed by atoms with Gasteiger partial charge in [0.05, 0.1) is 24.0 Å². The Kier molecular flexibility index (Phi) is 7.35. The first-order chi connectivity index (χ1) is 12.8. The van der Waals surface area contributed by atoms with Crippen LogP contribution in [0.2, 0.25) is 5.02 Å². The van der Waals surface area contributed by atoms with E-state index >= 15 is 0 Å². The lowest BCUT2D eigenvalue weighted by molar-refractivity contribution is -0.142. The first-order valence-corrected chi connectivity index (χ1v) is 9.76. The summed E-state index contributed by atoms with van der Waals surface area (Å²) >= 11 is 5.72. The van der Waals surface area contributed by atoms with Gasteiger partial charge >= 0.3 is 5.97 Å². The van der Waals surface area contributed by atoms with Gasteiger partial charge in [0.15, 0.2) is 6.61 Å². The molecule has 0 amide bonds. The summed E-state index contributed by atoms with van der Waals surface area (Å²) in [5.41, 5.74) is 0.302. The van der Waals surface area contributed by atoms with Crippen molar-refractivity contribution in [2.24, 2.45) is 0 Å². The lowest BCUT2D eigenvalue weighted by Gasteiger charge is -2.09. The first-order valence-electron chi connectivity index (χ1n) is 7.90. The molecule has 0 saturated heterocycles. The lowest BCUT2D eigenvalue weighted by atomic mass is 10.1. The van der Waals surface area contributed by atoms with Crippen molar-refractivity contribution in [2.45, 2.75) is 11.3 Å². The number of benzene rings is 2. The smallest absolute Gasteiger partial charge is 0.307 e. The van der Waals surface area contributed by atoms with Crippen LogP contribution < -0.4 is 9.46 Å². The Hall–Kier alpha value is -2.42. The molecule has 0 atom stereocenters. The highest BCUT2D eigenvalue weighted by Crippen LogP contribution is 2.18. The molecule has 0 spiro atoms. The summed E-state index contributed by atoms with van der Waals surface area (Å²) in [6.45, 7) is -0.615. The van der Waals surface area contributed by atoms with Gasteiger partial charge in [0.2, 0.25) is 15.8 Å². The van der Waals surface area contributed by atoms with Crippen molar-refractivity contribution in [3.63, 3.8) is 0 Å². The molecule has 27 heavy (non-hydrogen) atoms. The van der Waals surface area contributed by atoms with Crippen LogP contribution in [0.25, 0.3) is 0 Å². The third-order valence-corrected chi connectivity index (χ3v) is 5.25. The molecule has 7 nitrogen and oxygen atoms in total. The average Bonchev–Trinajstić information content (AvgIpc) is 2.66. The number of hydrogen-bond acceptors (Lipinski definition) is 6. The topological polar surface area (TPSA) is 98.8 Å². The van der Waals surface area contributed by atoms with Crippen LogP contribution in [0.1, 0.15) is 16.8 Å². The summed E-state index contributed by atoms with van der Waals surface area (Å²) in [6, 6.07) is 12.2. The molecule has 0 heterocycles. The highest BCUT2D eigenvalue weighted by Gasteiger charge is 2.16. The average molecular weight is 412 g/mol. The number of methoxy groups -OCH3 is 1. The Balaban J connectivity index is 1.81. The second-order valence-electron chi connectivity index (χ2n) is 5.39. The molecule has 0 saturated carbocycles. The van der Waals surface area contributed by atoms with Crippen LogP contribution in [0.3, 0.4) is 0 Å². The maximum Gasteiger partial charge on any atom is 0.307 e. The van der Waals surface area contributed by atoms with Crippen LogP contribution in [-0.2, 0) is 19.6 Å². The highest BCUT2D eigenvalue weighted by molar-refractivity contribution is 7.89. The van der Waals surface area contributed by atoms with E-state index in [-0.39, 0.29) is 17.9 Å². The second-order valence-corrected chi connectivity index (χ2v) is 7.59. The molecule has 0 aliphatic carbocycles. The minimum atomic E-state index is -3.76. The van der Waals surface area contributed by atoms with Gasteiger partial charge in [-0.15, -0.1) is 0 Å². The van der Waals surface area contributed by atoms with Crippen molar-refractivity contribution < 1.29 is 27.5 Å². The van der Waals surface area contributed by atoms with E-state index in [4.69, 9.17) is 21.1 Å². The first kappa shape index (κ1) is 20.9. The van der Waals surface area contributed by atoms with Crippen LogP contribution in [0, 0.1) is 0 Å². The number of nitrogens with one attached hydrogen (secondary N) is 1. The van der Waals surface area contributed by atoms with E-state index in [2.05, 4.69) is 4.72 Å². The molecule has 9 heteroatoms. The van der Waals surface area contributed by atoms with E-state index < -0.39 is 28.4 Å². The predicted octanol–water partition coefficient (Wildman–Crippen LogP) is 2.44. The molecular weight excluding hydrogens is 394 g/mol. The zero-order valence-corrected chi connectivity index (χ0v) is 16.0. The van der Waals surface area contributed by atoms with E-state index in [9.17, 15) is 18.0 Å². The van der Waals surface area contributed by atoms with Crippen molar-refractivity contribution in [1.82, 2.24) is 4.72 Å². The Labute approximate surface area is 162 Å². The van der Waals surface area contributed by atoms with Crippen LogP contribution >= 0.6 is 11.6 Å². The maximum atomic E-state index is 12.1. The normalized spacial score (nSPS) is 11.0. The molecule has 0 radical (unpaired) electrons. The van der Waals surface area contributed by atoms with E-state index in [0.29, 0.717) is 16.3 Å². The fourth-order valence-electron chi connectivity index (χ4n) is 2.16. The Morgan fingerprint density at radius 3 is 2.41 bits per heavy atom. The van der Waals surface area contributed by atoms with Gasteiger partial charge in [0.25, 0.3) is 0 Å². The van der Waals surface area contributed by atoms with Gasteiger partial charge in [-0.05, 0) is 36.4 Å². The Morgan fingerprint density at radius 1 is 1.07 bits per heavy atom. The van der Waals surface area contributed by atoms with Crippen molar-refractivity contribution in [1.29, 1.82) is 0 Å². The highest BCUT2D eigenvalue weighted by atomic mass is 35.5. The van der Waals surface area contributed by atoms with Gasteiger partial charge in [-0.1, -0.05) is 23.7 Å². The summed E-state index contributed by atoms with van der Waals surface area (Å²) in [5, 5.41) is 0.414. The number of ketones is 1. The number of Topliss-reactive ketones (excluding diaryl/α,β-unsaturated/α-hetero) is 1. The molecule has 0 fully saturated rings. The zero-order valence-electron chi connectivity index (χ0n) is 14.5. The van der Waals surface area contributed by atoms with Crippen molar-refractivity contribution in [3.05, 3.63) is 59.1 Å². The summed E-state index contributed by atoms with van der Waals surface area (Å²) in [6.07, 6.45) is -0.216. The molecule has 1 N–H and O–H groups in total. The third kappa shape index (κ3) is 6.06. The standard InChI is InChI=1S/C18H18ClNO6S/c1-25-17-5-3-2-4-15(17)16(21)12-26-18(22)10-11-20-27(23,24)14-8-6-13(19)7-9-14/h2-9,20H,10-12H2,1H3. The quantitative estimate of drug-likeness (QED) is 0.502. The SMILES string of the molecule is COc1ccccc1C(=O)COC(=O)CCNS(=O)(=O)c1ccc(Cl)cc1. The molecule has 2 aromatic rings. The van der Waals surface area contributed by atoms with E-state index in [1.165, 1.54) is 31.4 Å². The number of ether oxygens (including phenoxy) is 2. The predicted molar refractivity (Wildman–Crippen MR) is 99.5 cm³/mol. The minimum absolute atomic E-state index is 0.0339. The lowest BCUT2D eigenvalue weighted by Crippen LogP contribution is -2.27. The summed E-state index contributed by atoms with van der Waals surface area (Å²) in [7, 11) is -2.32. The maximum absolute atomic E-state index is 12.1. The largest absolute Gasteiger partial charge is 0.496 e. The molecule has 0 aliphatic rings. The van der Waals surface area contributed by atoms with Gasteiger partial charge in [0.1, 0.15) is 5.75 Å². The number of halogens is 1. The van der Waals surface area contributed by atoms with Crippen LogP contribution in [-0.4, -0.2) is 40.4 Å². The molecular formula is C18H18ClNO6S. The summed E-state index contributed by atoms with van der Waals surface area (Å²) in [5.74, 6) is -0.728. The van der Waals surface area contributed by atoms with Crippen molar-refractivity contribution in [2.75, 3.05) is 20.3 Å². The molecule has 2 rings (SSSR count). The fraction of sp³-hybridized carbons (Fsp3) is 0.222. The Bertz CT molecular complexity index is 912. The fourth-order valence-corrected chi connectivity index (χ4v) is 3.31. The van der Waals surface area contributed by atoms with E-state index in [0.717, 1.165) is 0 Å². The van der Waals surface area contributed by atoms with Gasteiger partial charge in [0, 0.05) is 11.6 Å². The number of hydrogen-bond donors (Lipinski definition) is 1. The molecule has 0 aromatic heterocycles. The van der Waals surface area contributed by atoms with Gasteiger partial charge < -0.3 is 9.47 Å². The number of esters is 1. The number of para-hydroxylation sites is 1.